The number of aliphatic hydroxyl groups excluding tert-OH is 1. The average Bonchev–Trinajstić information content (AvgIpc) is 3.57. The predicted molar refractivity (Wildman–Crippen MR) is 129 cm³/mol. The summed E-state index contributed by atoms with van der Waals surface area (Å²) in [5.74, 6) is -1.39. The van der Waals surface area contributed by atoms with Crippen LogP contribution in [0, 0.1) is 0 Å². The van der Waals surface area contributed by atoms with Gasteiger partial charge in [-0.05, 0) is 40.4 Å². The summed E-state index contributed by atoms with van der Waals surface area (Å²) in [5.41, 5.74) is 1.98. The van der Waals surface area contributed by atoms with Gasteiger partial charge in [-0.1, -0.05) is 54.6 Å². The van der Waals surface area contributed by atoms with Gasteiger partial charge in [0.15, 0.2) is 0 Å². The molecule has 6 nitrogen and oxygen atoms in total. The number of carbonyl (C=O) groups is 2. The number of hydrogen-bond acceptors (Lipinski definition) is 5. The zero-order valence-corrected chi connectivity index (χ0v) is 18.0. The zero-order valence-electron chi connectivity index (χ0n) is 17.2. The number of benzene rings is 3. The molecule has 1 fully saturated rings. The van der Waals surface area contributed by atoms with Crippen LogP contribution in [0.25, 0.3) is 27.6 Å². The molecule has 0 radical (unpaired) electrons. The number of aromatic amines is 1. The zero-order chi connectivity index (χ0) is 22.5. The van der Waals surface area contributed by atoms with Crippen molar-refractivity contribution >= 4 is 56.5 Å². The number of nitrogens with one attached hydrogen (secondary N) is 1. The number of hydrogen-bond donors (Lipinski definition) is 2. The number of Topliss-reactive ketones (excluding diaryl/α,β-unsaturated/α-hetero) is 1. The number of thiophene rings is 1. The van der Waals surface area contributed by atoms with Crippen LogP contribution in [-0.4, -0.2) is 26.8 Å². The topological polar surface area (TPSA) is 86.3 Å². The van der Waals surface area contributed by atoms with E-state index >= 15 is 0 Å². The molecule has 1 aliphatic heterocycles. The molecule has 6 rings (SSSR count). The normalized spacial score (nSPS) is 17.9. The third kappa shape index (κ3) is 3.05. The Morgan fingerprint density at radius 1 is 0.939 bits per heavy atom. The third-order valence-corrected chi connectivity index (χ3v) is 6.81. The van der Waals surface area contributed by atoms with Gasteiger partial charge in [-0.2, -0.15) is 0 Å². The van der Waals surface area contributed by atoms with E-state index in [4.69, 9.17) is 0 Å². The van der Waals surface area contributed by atoms with E-state index in [0.717, 1.165) is 21.2 Å². The number of imidazole rings is 1. The maximum absolute atomic E-state index is 13.2. The van der Waals surface area contributed by atoms with Crippen LogP contribution in [0.2, 0.25) is 0 Å². The lowest BCUT2D eigenvalue weighted by atomic mass is 9.98. The van der Waals surface area contributed by atoms with Crippen LogP contribution in [-0.2, 0) is 9.59 Å². The Morgan fingerprint density at radius 2 is 1.73 bits per heavy atom. The van der Waals surface area contributed by atoms with E-state index < -0.39 is 17.7 Å². The highest BCUT2D eigenvalue weighted by molar-refractivity contribution is 7.10. The Kier molecular flexibility index (Phi) is 4.38. The first-order valence-corrected chi connectivity index (χ1v) is 11.3. The SMILES string of the molecule is O=C1C(=O)N(c2nc3ccccc3[nH]2)C(c2cccs2)/C1=C(\O)c1ccc2ccccc2c1. The molecule has 1 unspecified atom stereocenters. The summed E-state index contributed by atoms with van der Waals surface area (Å²) >= 11 is 1.42. The molecule has 2 aromatic heterocycles. The molecule has 1 aliphatic rings. The summed E-state index contributed by atoms with van der Waals surface area (Å²) < 4.78 is 0. The molecule has 3 aromatic carbocycles. The predicted octanol–water partition coefficient (Wildman–Crippen LogP) is 5.40. The number of amides is 1. The highest BCUT2D eigenvalue weighted by Gasteiger charge is 2.48. The minimum Gasteiger partial charge on any atom is -0.507 e. The van der Waals surface area contributed by atoms with E-state index in [9.17, 15) is 14.7 Å². The second kappa shape index (κ2) is 7.43. The van der Waals surface area contributed by atoms with E-state index in [-0.39, 0.29) is 17.3 Å². The monoisotopic (exact) mass is 451 g/mol. The van der Waals surface area contributed by atoms with Crippen molar-refractivity contribution < 1.29 is 14.7 Å². The van der Waals surface area contributed by atoms with Crippen molar-refractivity contribution in [1.29, 1.82) is 0 Å². The van der Waals surface area contributed by atoms with Crippen LogP contribution < -0.4 is 4.90 Å². The van der Waals surface area contributed by atoms with Gasteiger partial charge in [-0.3, -0.25) is 14.5 Å². The maximum atomic E-state index is 13.2. The van der Waals surface area contributed by atoms with Crippen LogP contribution in [0.3, 0.4) is 0 Å². The third-order valence-electron chi connectivity index (χ3n) is 5.89. The fourth-order valence-corrected chi connectivity index (χ4v) is 5.14. The summed E-state index contributed by atoms with van der Waals surface area (Å²) in [6.45, 7) is 0. The maximum Gasteiger partial charge on any atom is 0.302 e. The number of anilines is 1. The first kappa shape index (κ1) is 19.5. The molecule has 2 N–H and O–H groups in total. The number of H-pyrrole nitrogens is 1. The van der Waals surface area contributed by atoms with E-state index in [1.807, 2.05) is 78.2 Å². The number of nitrogens with zero attached hydrogens (tertiary/aromatic N) is 2. The number of rotatable bonds is 3. The van der Waals surface area contributed by atoms with Crippen molar-refractivity contribution in [1.82, 2.24) is 9.97 Å². The fraction of sp³-hybridized carbons (Fsp3) is 0.0385. The van der Waals surface area contributed by atoms with E-state index in [1.165, 1.54) is 16.2 Å². The van der Waals surface area contributed by atoms with E-state index in [2.05, 4.69) is 9.97 Å². The summed E-state index contributed by atoms with van der Waals surface area (Å²) in [6, 6.07) is 23.6. The van der Waals surface area contributed by atoms with Gasteiger partial charge in [0.25, 0.3) is 5.78 Å². The minimum absolute atomic E-state index is 0.0539. The lowest BCUT2D eigenvalue weighted by Crippen LogP contribution is -2.30. The summed E-state index contributed by atoms with van der Waals surface area (Å²) in [6.07, 6.45) is 0. The summed E-state index contributed by atoms with van der Waals surface area (Å²) in [4.78, 5) is 36.3. The van der Waals surface area contributed by atoms with Crippen molar-refractivity contribution in [2.24, 2.45) is 0 Å². The van der Waals surface area contributed by atoms with E-state index in [0.29, 0.717) is 11.1 Å². The quantitative estimate of drug-likeness (QED) is 0.218. The van der Waals surface area contributed by atoms with Crippen LogP contribution in [0.15, 0.2) is 89.8 Å². The van der Waals surface area contributed by atoms with Crippen LogP contribution in [0.5, 0.6) is 0 Å². The van der Waals surface area contributed by atoms with E-state index in [1.54, 1.807) is 6.07 Å². The Bertz CT molecular complexity index is 1550. The summed E-state index contributed by atoms with van der Waals surface area (Å²) in [5, 5.41) is 15.1. The van der Waals surface area contributed by atoms with Crippen molar-refractivity contribution in [3.63, 3.8) is 0 Å². The van der Waals surface area contributed by atoms with Crippen molar-refractivity contribution in [2.75, 3.05) is 4.90 Å². The van der Waals surface area contributed by atoms with Crippen molar-refractivity contribution in [3.05, 3.63) is 100 Å². The number of carbonyl (C=O) groups excluding carboxylic acids is 2. The molecular weight excluding hydrogens is 434 g/mol. The molecule has 5 aromatic rings. The van der Waals surface area contributed by atoms with Gasteiger partial charge in [-0.15, -0.1) is 11.3 Å². The fourth-order valence-electron chi connectivity index (χ4n) is 4.31. The Morgan fingerprint density at radius 3 is 2.52 bits per heavy atom. The van der Waals surface area contributed by atoms with Gasteiger partial charge in [0.05, 0.1) is 16.6 Å². The van der Waals surface area contributed by atoms with Gasteiger partial charge >= 0.3 is 5.91 Å². The summed E-state index contributed by atoms with van der Waals surface area (Å²) in [7, 11) is 0. The molecule has 0 spiro atoms. The number of fused-ring (bicyclic) bond motifs is 2. The van der Waals surface area contributed by atoms with Gasteiger partial charge in [0, 0.05) is 10.4 Å². The van der Waals surface area contributed by atoms with Gasteiger partial charge < -0.3 is 10.1 Å². The molecule has 1 atom stereocenters. The van der Waals surface area contributed by atoms with Crippen LogP contribution in [0.1, 0.15) is 16.5 Å². The average molecular weight is 452 g/mol. The molecule has 1 saturated heterocycles. The Balaban J connectivity index is 1.55. The highest BCUT2D eigenvalue weighted by Crippen LogP contribution is 2.43. The van der Waals surface area contributed by atoms with Gasteiger partial charge in [0.1, 0.15) is 11.8 Å². The molecule has 3 heterocycles. The minimum atomic E-state index is -0.781. The lowest BCUT2D eigenvalue weighted by molar-refractivity contribution is -0.132. The Labute approximate surface area is 192 Å². The van der Waals surface area contributed by atoms with Crippen molar-refractivity contribution in [3.8, 4) is 0 Å². The first-order chi connectivity index (χ1) is 16.1. The number of aromatic nitrogens is 2. The number of para-hydroxylation sites is 2. The molecule has 160 valence electrons. The number of aliphatic hydroxyl groups is 1. The lowest BCUT2D eigenvalue weighted by Gasteiger charge is -2.21. The first-order valence-electron chi connectivity index (χ1n) is 10.4. The number of ketones is 1. The molecule has 33 heavy (non-hydrogen) atoms. The van der Waals surface area contributed by atoms with Gasteiger partial charge in [-0.25, -0.2) is 4.98 Å². The standard InChI is InChI=1S/C26H17N3O3S/c30-23(17-12-11-15-6-1-2-7-16(15)14-17)21-22(20-10-5-13-33-20)29(25(32)24(21)31)26-27-18-8-3-4-9-19(18)28-26/h1-14,22,30H,(H,27,28)/b23-21+. The molecule has 0 aliphatic carbocycles. The second-order valence-corrected chi connectivity index (χ2v) is 8.80. The largest absolute Gasteiger partial charge is 0.507 e. The molecule has 7 heteroatoms. The Hall–Kier alpha value is -4.23. The highest BCUT2D eigenvalue weighted by atomic mass is 32.1. The second-order valence-electron chi connectivity index (χ2n) is 7.82. The van der Waals surface area contributed by atoms with Crippen molar-refractivity contribution in [2.45, 2.75) is 6.04 Å². The molecule has 1 amide bonds. The molecule has 0 bridgehead atoms. The molecule has 0 saturated carbocycles. The van der Waals surface area contributed by atoms with Gasteiger partial charge in [0.2, 0.25) is 5.95 Å². The van der Waals surface area contributed by atoms with Crippen LogP contribution >= 0.6 is 11.3 Å². The van der Waals surface area contributed by atoms with Crippen LogP contribution in [0.4, 0.5) is 5.95 Å². The smallest absolute Gasteiger partial charge is 0.302 e. The molecular formula is C26H17N3O3S.